The summed E-state index contributed by atoms with van der Waals surface area (Å²) in [6, 6.07) is 5.85. The number of nitrogens with zero attached hydrogens (tertiary/aromatic N) is 3. The molecule has 0 aliphatic heterocycles. The quantitative estimate of drug-likeness (QED) is 0.623. The Kier molecular flexibility index (Phi) is 5.35. The summed E-state index contributed by atoms with van der Waals surface area (Å²) in [6.45, 7) is 0.968. The Balaban J connectivity index is 2.26. The maximum atomic E-state index is 10.8. The molecular weight excluding hydrogens is 308 g/mol. The maximum Gasteiger partial charge on any atom is 0.408 e. The van der Waals surface area contributed by atoms with Gasteiger partial charge in [0.25, 0.3) is 0 Å². The molecule has 0 saturated heterocycles. The molecule has 0 fully saturated rings. The van der Waals surface area contributed by atoms with E-state index in [0.29, 0.717) is 18.8 Å². The largest absolute Gasteiger partial charge is 0.496 e. The topological polar surface area (TPSA) is 96.2 Å². The highest BCUT2D eigenvalue weighted by atomic mass is 35.5. The number of ether oxygens (including phenoxy) is 1. The highest BCUT2D eigenvalue weighted by molar-refractivity contribution is 6.32. The van der Waals surface area contributed by atoms with Crippen molar-refractivity contribution in [2.75, 3.05) is 13.7 Å². The third-order valence-corrected chi connectivity index (χ3v) is 3.49. The predicted octanol–water partition coefficient (Wildman–Crippen LogP) is 2.39. The summed E-state index contributed by atoms with van der Waals surface area (Å²) in [4.78, 5) is 10.2. The number of hydrogen-bond acceptors (Lipinski definition) is 5. The van der Waals surface area contributed by atoms with Crippen molar-refractivity contribution in [3.8, 4) is 5.75 Å². The van der Waals surface area contributed by atoms with Gasteiger partial charge in [0, 0.05) is 5.56 Å². The van der Waals surface area contributed by atoms with Crippen molar-refractivity contribution in [1.82, 2.24) is 9.78 Å². The normalized spacial score (nSPS) is 10.7. The average molecular weight is 325 g/mol. The molecule has 1 heterocycles. The zero-order valence-corrected chi connectivity index (χ0v) is 12.9. The zero-order chi connectivity index (χ0) is 16.1. The molecular formula is C14H17ClN4O3. The Morgan fingerprint density at radius 2 is 2.27 bits per heavy atom. The first-order chi connectivity index (χ1) is 10.5. The van der Waals surface area contributed by atoms with Gasteiger partial charge >= 0.3 is 5.82 Å². The van der Waals surface area contributed by atoms with Crippen LogP contribution in [0.25, 0.3) is 0 Å². The first-order valence-electron chi connectivity index (χ1n) is 6.78. The Labute approximate surface area is 132 Å². The van der Waals surface area contributed by atoms with Crippen molar-refractivity contribution >= 4 is 17.4 Å². The second-order valence-electron chi connectivity index (χ2n) is 4.79. The van der Waals surface area contributed by atoms with E-state index < -0.39 is 4.92 Å². The average Bonchev–Trinajstić information content (AvgIpc) is 2.86. The minimum atomic E-state index is -0.603. The van der Waals surface area contributed by atoms with E-state index >= 15 is 0 Å². The molecule has 0 bridgehead atoms. The molecule has 2 N–H and O–H groups in total. The summed E-state index contributed by atoms with van der Waals surface area (Å²) < 4.78 is 6.76. The number of methoxy groups -OCH3 is 1. The highest BCUT2D eigenvalue weighted by Gasteiger charge is 2.19. The summed E-state index contributed by atoms with van der Waals surface area (Å²) >= 11 is 5.81. The van der Waals surface area contributed by atoms with Crippen LogP contribution >= 0.6 is 11.6 Å². The smallest absolute Gasteiger partial charge is 0.408 e. The van der Waals surface area contributed by atoms with Gasteiger partial charge in [0.1, 0.15) is 5.75 Å². The van der Waals surface area contributed by atoms with Crippen LogP contribution in [0.15, 0.2) is 24.4 Å². The van der Waals surface area contributed by atoms with E-state index in [1.165, 1.54) is 10.9 Å². The Morgan fingerprint density at radius 3 is 2.86 bits per heavy atom. The van der Waals surface area contributed by atoms with Crippen LogP contribution in [0.5, 0.6) is 5.75 Å². The van der Waals surface area contributed by atoms with Gasteiger partial charge in [-0.15, -0.1) is 0 Å². The van der Waals surface area contributed by atoms with Crippen molar-refractivity contribution in [2.24, 2.45) is 5.73 Å². The first kappa shape index (κ1) is 16.3. The molecule has 8 heteroatoms. The molecule has 2 rings (SSSR count). The molecule has 1 aromatic carbocycles. The lowest BCUT2D eigenvalue weighted by Crippen LogP contribution is -2.05. The first-order valence-corrected chi connectivity index (χ1v) is 7.16. The van der Waals surface area contributed by atoms with Crippen LogP contribution in [-0.4, -0.2) is 28.4 Å². The second-order valence-corrected chi connectivity index (χ2v) is 5.20. The lowest BCUT2D eigenvalue weighted by Gasteiger charge is -2.09. The van der Waals surface area contributed by atoms with E-state index in [0.717, 1.165) is 24.0 Å². The van der Waals surface area contributed by atoms with Crippen LogP contribution in [0.2, 0.25) is 5.02 Å². The van der Waals surface area contributed by atoms with E-state index in [1.54, 1.807) is 7.11 Å². The van der Waals surface area contributed by atoms with E-state index in [2.05, 4.69) is 5.10 Å². The van der Waals surface area contributed by atoms with Crippen LogP contribution in [-0.2, 0) is 13.0 Å². The van der Waals surface area contributed by atoms with Crippen LogP contribution in [0.1, 0.15) is 17.5 Å². The number of nitrogens with two attached hydrogens (primary N) is 1. The van der Waals surface area contributed by atoms with Crippen molar-refractivity contribution in [3.63, 3.8) is 0 Å². The molecule has 7 nitrogen and oxygen atoms in total. The standard InChI is InChI=1S/C14H17ClN4O3/c1-22-13-5-4-10(3-2-6-16)7-11(13)8-18-9-12(15)14(17-18)19(20)21/h4-5,7,9H,2-3,6,8,16H2,1H3. The molecule has 1 aromatic heterocycles. The van der Waals surface area contributed by atoms with E-state index in [-0.39, 0.29) is 10.8 Å². The van der Waals surface area contributed by atoms with Gasteiger partial charge in [-0.1, -0.05) is 23.7 Å². The number of halogens is 1. The Bertz CT molecular complexity index is 672. The van der Waals surface area contributed by atoms with Crippen LogP contribution in [0.3, 0.4) is 0 Å². The molecule has 0 unspecified atom stereocenters. The van der Waals surface area contributed by atoms with Gasteiger partial charge in [-0.05, 0) is 35.9 Å². The highest BCUT2D eigenvalue weighted by Crippen LogP contribution is 2.25. The number of hydrogen-bond donors (Lipinski definition) is 1. The van der Waals surface area contributed by atoms with Gasteiger partial charge in [0.05, 0.1) is 25.0 Å². The molecule has 0 spiro atoms. The Morgan fingerprint density at radius 1 is 1.50 bits per heavy atom. The monoisotopic (exact) mass is 324 g/mol. The lowest BCUT2D eigenvalue weighted by molar-refractivity contribution is -0.389. The lowest BCUT2D eigenvalue weighted by atomic mass is 10.1. The number of benzene rings is 1. The van der Waals surface area contributed by atoms with Crippen LogP contribution in [0.4, 0.5) is 5.82 Å². The summed E-state index contributed by atoms with van der Waals surface area (Å²) in [5, 5.41) is 14.7. The second kappa shape index (κ2) is 7.24. The van der Waals surface area contributed by atoms with Gasteiger partial charge in [0.15, 0.2) is 5.02 Å². The van der Waals surface area contributed by atoms with E-state index in [1.807, 2.05) is 18.2 Å². The summed E-state index contributed by atoms with van der Waals surface area (Å²) in [5.41, 5.74) is 7.54. The molecule has 2 aromatic rings. The number of aryl methyl sites for hydroxylation is 1. The number of rotatable bonds is 7. The molecule has 0 amide bonds. The van der Waals surface area contributed by atoms with Gasteiger partial charge < -0.3 is 20.6 Å². The predicted molar refractivity (Wildman–Crippen MR) is 83.4 cm³/mol. The van der Waals surface area contributed by atoms with Crippen molar-refractivity contribution < 1.29 is 9.66 Å². The SMILES string of the molecule is COc1ccc(CCCN)cc1Cn1cc(Cl)c([N+](=O)[O-])n1. The fourth-order valence-corrected chi connectivity index (χ4v) is 2.40. The van der Waals surface area contributed by atoms with E-state index in [4.69, 9.17) is 22.1 Å². The van der Waals surface area contributed by atoms with Gasteiger partial charge in [0.2, 0.25) is 0 Å². The fraction of sp³-hybridized carbons (Fsp3) is 0.357. The van der Waals surface area contributed by atoms with Gasteiger partial charge in [-0.2, -0.15) is 4.68 Å². The van der Waals surface area contributed by atoms with Crippen molar-refractivity contribution in [3.05, 3.63) is 50.7 Å². The summed E-state index contributed by atoms with van der Waals surface area (Å²) in [5.74, 6) is 0.352. The van der Waals surface area contributed by atoms with Gasteiger partial charge in [-0.25, -0.2) is 0 Å². The molecule has 22 heavy (non-hydrogen) atoms. The molecule has 0 aliphatic carbocycles. The molecule has 0 saturated carbocycles. The molecule has 0 aliphatic rings. The summed E-state index contributed by atoms with van der Waals surface area (Å²) in [6.07, 6.45) is 3.20. The number of nitro groups is 1. The van der Waals surface area contributed by atoms with Gasteiger partial charge in [-0.3, -0.25) is 0 Å². The molecule has 0 radical (unpaired) electrons. The third-order valence-electron chi connectivity index (χ3n) is 3.22. The minimum absolute atomic E-state index is 0.0169. The zero-order valence-electron chi connectivity index (χ0n) is 12.2. The Hall–Kier alpha value is -2.12. The third kappa shape index (κ3) is 3.75. The fourth-order valence-electron chi connectivity index (χ4n) is 2.18. The van der Waals surface area contributed by atoms with E-state index in [9.17, 15) is 10.1 Å². The minimum Gasteiger partial charge on any atom is -0.496 e. The van der Waals surface area contributed by atoms with Crippen molar-refractivity contribution in [1.29, 1.82) is 0 Å². The van der Waals surface area contributed by atoms with Crippen molar-refractivity contribution in [2.45, 2.75) is 19.4 Å². The molecule has 0 atom stereocenters. The molecule has 118 valence electrons. The summed E-state index contributed by atoms with van der Waals surface area (Å²) in [7, 11) is 1.58. The number of aromatic nitrogens is 2. The van der Waals surface area contributed by atoms with Crippen LogP contribution in [0, 0.1) is 10.1 Å². The van der Waals surface area contributed by atoms with Crippen LogP contribution < -0.4 is 10.5 Å². The maximum absolute atomic E-state index is 10.8.